The molecule has 0 spiro atoms. The van der Waals surface area contributed by atoms with Crippen LogP contribution in [0.25, 0.3) is 0 Å². The molecule has 1 aromatic heterocycles. The van der Waals surface area contributed by atoms with Gasteiger partial charge in [0, 0.05) is 31.5 Å². The molecule has 1 fully saturated rings. The molecule has 18 heavy (non-hydrogen) atoms. The SMILES string of the molecule is COc1nccnc1CN1CCCCC1CN.Cl. The number of nitrogens with two attached hydrogens (primary N) is 1. The van der Waals surface area contributed by atoms with Crippen LogP contribution in [0.5, 0.6) is 5.88 Å². The fraction of sp³-hybridized carbons (Fsp3) is 0.667. The lowest BCUT2D eigenvalue weighted by atomic mass is 10.0. The number of halogens is 1. The zero-order valence-corrected chi connectivity index (χ0v) is 11.5. The third-order valence-electron chi connectivity index (χ3n) is 3.30. The fourth-order valence-electron chi connectivity index (χ4n) is 2.36. The highest BCUT2D eigenvalue weighted by atomic mass is 35.5. The Bertz CT molecular complexity index is 364. The number of hydrogen-bond donors (Lipinski definition) is 1. The molecular weight excluding hydrogens is 252 g/mol. The zero-order valence-electron chi connectivity index (χ0n) is 10.7. The molecule has 1 aliphatic heterocycles. The minimum Gasteiger partial charge on any atom is -0.480 e. The topological polar surface area (TPSA) is 64.3 Å². The van der Waals surface area contributed by atoms with Crippen LogP contribution in [-0.4, -0.2) is 41.1 Å². The predicted molar refractivity (Wildman–Crippen MR) is 72.9 cm³/mol. The van der Waals surface area contributed by atoms with Crippen LogP contribution in [0.2, 0.25) is 0 Å². The van der Waals surface area contributed by atoms with Crippen LogP contribution >= 0.6 is 12.4 Å². The second-order valence-corrected chi connectivity index (χ2v) is 4.37. The summed E-state index contributed by atoms with van der Waals surface area (Å²) in [4.78, 5) is 10.9. The average molecular weight is 273 g/mol. The van der Waals surface area contributed by atoms with Gasteiger partial charge in [-0.15, -0.1) is 12.4 Å². The van der Waals surface area contributed by atoms with Crippen LogP contribution in [-0.2, 0) is 6.54 Å². The van der Waals surface area contributed by atoms with E-state index >= 15 is 0 Å². The molecule has 2 N–H and O–H groups in total. The first kappa shape index (κ1) is 15.1. The van der Waals surface area contributed by atoms with Crippen molar-refractivity contribution in [2.24, 2.45) is 5.73 Å². The fourth-order valence-corrected chi connectivity index (χ4v) is 2.36. The maximum Gasteiger partial charge on any atom is 0.236 e. The number of hydrogen-bond acceptors (Lipinski definition) is 5. The molecule has 2 heterocycles. The first-order chi connectivity index (χ1) is 8.35. The number of likely N-dealkylation sites (tertiary alicyclic amines) is 1. The monoisotopic (exact) mass is 272 g/mol. The van der Waals surface area contributed by atoms with Gasteiger partial charge in [-0.3, -0.25) is 9.88 Å². The maximum atomic E-state index is 5.81. The number of rotatable bonds is 4. The molecule has 5 nitrogen and oxygen atoms in total. The highest BCUT2D eigenvalue weighted by Gasteiger charge is 2.22. The van der Waals surface area contributed by atoms with E-state index in [-0.39, 0.29) is 12.4 Å². The molecule has 1 aromatic rings. The molecule has 0 aliphatic carbocycles. The van der Waals surface area contributed by atoms with E-state index in [1.807, 2.05) is 0 Å². The van der Waals surface area contributed by atoms with Crippen LogP contribution < -0.4 is 10.5 Å². The molecule has 1 atom stereocenters. The number of piperidine rings is 1. The summed E-state index contributed by atoms with van der Waals surface area (Å²) in [6.45, 7) is 2.57. The van der Waals surface area contributed by atoms with Gasteiger partial charge in [0.15, 0.2) is 0 Å². The second-order valence-electron chi connectivity index (χ2n) is 4.37. The molecule has 1 unspecified atom stereocenters. The molecule has 0 bridgehead atoms. The number of nitrogens with zero attached hydrogens (tertiary/aromatic N) is 3. The lowest BCUT2D eigenvalue weighted by Crippen LogP contribution is -2.43. The van der Waals surface area contributed by atoms with E-state index in [9.17, 15) is 0 Å². The van der Waals surface area contributed by atoms with Gasteiger partial charge in [0.05, 0.1) is 7.11 Å². The van der Waals surface area contributed by atoms with Crippen molar-refractivity contribution in [3.05, 3.63) is 18.1 Å². The normalized spacial score (nSPS) is 20.2. The Morgan fingerprint density at radius 1 is 1.39 bits per heavy atom. The third-order valence-corrected chi connectivity index (χ3v) is 3.30. The quantitative estimate of drug-likeness (QED) is 0.893. The molecule has 0 radical (unpaired) electrons. The predicted octanol–water partition coefficient (Wildman–Crippen LogP) is 1.22. The number of aromatic nitrogens is 2. The third kappa shape index (κ3) is 3.54. The highest BCUT2D eigenvalue weighted by molar-refractivity contribution is 5.85. The number of methoxy groups -OCH3 is 1. The van der Waals surface area contributed by atoms with Crippen molar-refractivity contribution in [2.75, 3.05) is 20.2 Å². The van der Waals surface area contributed by atoms with Gasteiger partial charge in [0.2, 0.25) is 5.88 Å². The molecule has 102 valence electrons. The van der Waals surface area contributed by atoms with Gasteiger partial charge in [-0.2, -0.15) is 0 Å². The van der Waals surface area contributed by atoms with Crippen molar-refractivity contribution in [3.8, 4) is 5.88 Å². The van der Waals surface area contributed by atoms with Gasteiger partial charge in [-0.1, -0.05) is 6.42 Å². The van der Waals surface area contributed by atoms with Crippen molar-refractivity contribution >= 4 is 12.4 Å². The zero-order chi connectivity index (χ0) is 12.1. The molecular formula is C12H21ClN4O. The van der Waals surface area contributed by atoms with Gasteiger partial charge in [0.1, 0.15) is 5.69 Å². The first-order valence-electron chi connectivity index (χ1n) is 6.13. The standard InChI is InChI=1S/C12H20N4O.ClH/c1-17-12-11(14-5-6-15-12)9-16-7-3-2-4-10(16)8-13;/h5-6,10H,2-4,7-9,13H2,1H3;1H. The summed E-state index contributed by atoms with van der Waals surface area (Å²) in [5.41, 5.74) is 6.71. The largest absolute Gasteiger partial charge is 0.480 e. The molecule has 6 heteroatoms. The van der Waals surface area contributed by atoms with Crippen molar-refractivity contribution in [3.63, 3.8) is 0 Å². The first-order valence-corrected chi connectivity index (χ1v) is 6.13. The van der Waals surface area contributed by atoms with E-state index in [4.69, 9.17) is 10.5 Å². The smallest absolute Gasteiger partial charge is 0.236 e. The second kappa shape index (κ2) is 7.51. The molecule has 0 saturated carbocycles. The van der Waals surface area contributed by atoms with Gasteiger partial charge >= 0.3 is 0 Å². The summed E-state index contributed by atoms with van der Waals surface area (Å²) in [6.07, 6.45) is 7.05. The van der Waals surface area contributed by atoms with E-state index in [0.717, 1.165) is 18.8 Å². The van der Waals surface area contributed by atoms with E-state index in [2.05, 4.69) is 14.9 Å². The molecule has 2 rings (SSSR count). The minimum absolute atomic E-state index is 0. The van der Waals surface area contributed by atoms with Gasteiger partial charge in [0.25, 0.3) is 0 Å². The molecule has 1 aliphatic rings. The van der Waals surface area contributed by atoms with Crippen LogP contribution in [0.4, 0.5) is 0 Å². The summed E-state index contributed by atoms with van der Waals surface area (Å²) < 4.78 is 5.22. The lowest BCUT2D eigenvalue weighted by Gasteiger charge is -2.34. The van der Waals surface area contributed by atoms with Crippen molar-refractivity contribution in [1.82, 2.24) is 14.9 Å². The highest BCUT2D eigenvalue weighted by Crippen LogP contribution is 2.21. The Labute approximate surface area is 114 Å². The van der Waals surface area contributed by atoms with Crippen LogP contribution in [0.3, 0.4) is 0 Å². The molecule has 0 aromatic carbocycles. The van der Waals surface area contributed by atoms with Gasteiger partial charge < -0.3 is 10.5 Å². The van der Waals surface area contributed by atoms with E-state index in [0.29, 0.717) is 18.5 Å². The van der Waals surface area contributed by atoms with Crippen molar-refractivity contribution in [2.45, 2.75) is 31.8 Å². The Morgan fingerprint density at radius 2 is 2.17 bits per heavy atom. The molecule has 1 saturated heterocycles. The Kier molecular flexibility index (Phi) is 6.32. The van der Waals surface area contributed by atoms with Crippen molar-refractivity contribution < 1.29 is 4.74 Å². The summed E-state index contributed by atoms with van der Waals surface area (Å²) in [6, 6.07) is 0.468. The lowest BCUT2D eigenvalue weighted by molar-refractivity contribution is 0.141. The molecule has 0 amide bonds. The summed E-state index contributed by atoms with van der Waals surface area (Å²) in [5.74, 6) is 0.619. The van der Waals surface area contributed by atoms with Crippen LogP contribution in [0.15, 0.2) is 12.4 Å². The van der Waals surface area contributed by atoms with E-state index < -0.39 is 0 Å². The minimum atomic E-state index is 0. The summed E-state index contributed by atoms with van der Waals surface area (Å²) in [7, 11) is 1.63. The van der Waals surface area contributed by atoms with Crippen LogP contribution in [0, 0.1) is 0 Å². The maximum absolute atomic E-state index is 5.81. The Hall–Kier alpha value is -0.910. The van der Waals surface area contributed by atoms with Crippen molar-refractivity contribution in [1.29, 1.82) is 0 Å². The summed E-state index contributed by atoms with van der Waals surface area (Å²) in [5, 5.41) is 0. The summed E-state index contributed by atoms with van der Waals surface area (Å²) >= 11 is 0. The van der Waals surface area contributed by atoms with Gasteiger partial charge in [-0.25, -0.2) is 4.98 Å². The van der Waals surface area contributed by atoms with E-state index in [1.165, 1.54) is 19.3 Å². The number of ether oxygens (including phenoxy) is 1. The Morgan fingerprint density at radius 3 is 2.89 bits per heavy atom. The van der Waals surface area contributed by atoms with Gasteiger partial charge in [-0.05, 0) is 19.4 Å². The van der Waals surface area contributed by atoms with E-state index in [1.54, 1.807) is 19.5 Å². The average Bonchev–Trinajstić information content (AvgIpc) is 2.40. The Balaban J connectivity index is 0.00000162. The van der Waals surface area contributed by atoms with Crippen LogP contribution in [0.1, 0.15) is 25.0 Å².